The Hall–Kier alpha value is -1.88. The third kappa shape index (κ3) is 3.12. The fourth-order valence-electron chi connectivity index (χ4n) is 1.64. The lowest BCUT2D eigenvalue weighted by Crippen LogP contribution is -2.14. The Morgan fingerprint density at radius 2 is 2.00 bits per heavy atom. The van der Waals surface area contributed by atoms with Crippen LogP contribution in [0.3, 0.4) is 0 Å². The first-order valence-electron chi connectivity index (χ1n) is 5.60. The van der Waals surface area contributed by atoms with Gasteiger partial charge in [-0.1, -0.05) is 6.07 Å². The smallest absolute Gasteiger partial charge is 0.257 e. The van der Waals surface area contributed by atoms with Crippen LogP contribution >= 0.6 is 15.9 Å². The van der Waals surface area contributed by atoms with E-state index in [2.05, 4.69) is 21.2 Å². The van der Waals surface area contributed by atoms with Crippen LogP contribution in [0.15, 0.2) is 40.9 Å². The van der Waals surface area contributed by atoms with Crippen molar-refractivity contribution in [1.82, 2.24) is 0 Å². The SMILES string of the molecule is Cc1ccc(NC(=O)c2cc(F)ccc2N)c(Br)c1. The second-order valence-electron chi connectivity index (χ2n) is 4.17. The molecule has 0 aliphatic carbocycles. The first-order chi connectivity index (χ1) is 8.97. The van der Waals surface area contributed by atoms with Gasteiger partial charge in [-0.3, -0.25) is 4.79 Å². The summed E-state index contributed by atoms with van der Waals surface area (Å²) in [4.78, 5) is 12.0. The van der Waals surface area contributed by atoms with Crippen LogP contribution in [0.1, 0.15) is 15.9 Å². The zero-order chi connectivity index (χ0) is 14.0. The number of nitrogen functional groups attached to an aromatic ring is 1. The van der Waals surface area contributed by atoms with E-state index in [0.29, 0.717) is 5.69 Å². The number of amides is 1. The number of carbonyl (C=O) groups excluding carboxylic acids is 1. The molecule has 0 saturated heterocycles. The van der Waals surface area contributed by atoms with Crippen molar-refractivity contribution in [2.45, 2.75) is 6.92 Å². The molecule has 0 aromatic heterocycles. The maximum absolute atomic E-state index is 13.1. The maximum atomic E-state index is 13.1. The maximum Gasteiger partial charge on any atom is 0.257 e. The molecule has 0 aliphatic rings. The molecule has 5 heteroatoms. The highest BCUT2D eigenvalue weighted by Gasteiger charge is 2.12. The molecule has 0 bridgehead atoms. The van der Waals surface area contributed by atoms with E-state index in [4.69, 9.17) is 5.73 Å². The summed E-state index contributed by atoms with van der Waals surface area (Å²) in [6.45, 7) is 1.95. The van der Waals surface area contributed by atoms with Crippen LogP contribution in [0.25, 0.3) is 0 Å². The van der Waals surface area contributed by atoms with Crippen molar-refractivity contribution in [3.63, 3.8) is 0 Å². The van der Waals surface area contributed by atoms with E-state index in [9.17, 15) is 9.18 Å². The Morgan fingerprint density at radius 1 is 1.26 bits per heavy atom. The molecule has 0 radical (unpaired) electrons. The summed E-state index contributed by atoms with van der Waals surface area (Å²) in [5, 5.41) is 2.69. The molecule has 2 rings (SSSR count). The molecule has 0 unspecified atom stereocenters. The predicted octanol–water partition coefficient (Wildman–Crippen LogP) is 3.73. The predicted molar refractivity (Wildman–Crippen MR) is 77.6 cm³/mol. The average Bonchev–Trinajstić information content (AvgIpc) is 2.35. The number of nitrogens with two attached hydrogens (primary N) is 1. The second-order valence-corrected chi connectivity index (χ2v) is 5.02. The Balaban J connectivity index is 2.28. The molecule has 0 spiro atoms. The van der Waals surface area contributed by atoms with Gasteiger partial charge in [0.1, 0.15) is 5.82 Å². The van der Waals surface area contributed by atoms with Crippen molar-refractivity contribution in [3.8, 4) is 0 Å². The minimum Gasteiger partial charge on any atom is -0.398 e. The van der Waals surface area contributed by atoms with Gasteiger partial charge < -0.3 is 11.1 Å². The van der Waals surface area contributed by atoms with E-state index in [0.717, 1.165) is 16.1 Å². The van der Waals surface area contributed by atoms with Gasteiger partial charge in [-0.25, -0.2) is 4.39 Å². The average molecular weight is 323 g/mol. The van der Waals surface area contributed by atoms with Crippen LogP contribution in [0.5, 0.6) is 0 Å². The van der Waals surface area contributed by atoms with Gasteiger partial charge in [0.15, 0.2) is 0 Å². The van der Waals surface area contributed by atoms with E-state index >= 15 is 0 Å². The number of benzene rings is 2. The van der Waals surface area contributed by atoms with Crippen LogP contribution in [-0.4, -0.2) is 5.91 Å². The van der Waals surface area contributed by atoms with E-state index in [1.54, 1.807) is 6.07 Å². The van der Waals surface area contributed by atoms with Crippen LogP contribution in [0, 0.1) is 12.7 Å². The molecule has 2 aromatic rings. The van der Waals surface area contributed by atoms with Gasteiger partial charge in [0.25, 0.3) is 5.91 Å². The molecular formula is C14H12BrFN2O. The monoisotopic (exact) mass is 322 g/mol. The lowest BCUT2D eigenvalue weighted by atomic mass is 10.1. The Labute approximate surface area is 118 Å². The summed E-state index contributed by atoms with van der Waals surface area (Å²) >= 11 is 3.36. The lowest BCUT2D eigenvalue weighted by Gasteiger charge is -2.09. The van der Waals surface area contributed by atoms with Crippen molar-refractivity contribution < 1.29 is 9.18 Å². The van der Waals surface area contributed by atoms with Crippen LogP contribution in [0.2, 0.25) is 0 Å². The highest BCUT2D eigenvalue weighted by Crippen LogP contribution is 2.24. The molecule has 3 nitrogen and oxygen atoms in total. The van der Waals surface area contributed by atoms with Gasteiger partial charge in [0.05, 0.1) is 11.3 Å². The first-order valence-corrected chi connectivity index (χ1v) is 6.39. The molecular weight excluding hydrogens is 311 g/mol. The lowest BCUT2D eigenvalue weighted by molar-refractivity contribution is 0.102. The molecule has 2 aromatic carbocycles. The fourth-order valence-corrected chi connectivity index (χ4v) is 2.23. The summed E-state index contributed by atoms with van der Waals surface area (Å²) in [6, 6.07) is 9.22. The Morgan fingerprint density at radius 3 is 2.68 bits per heavy atom. The van der Waals surface area contributed by atoms with Crippen LogP contribution in [0.4, 0.5) is 15.8 Å². The summed E-state index contributed by atoms with van der Waals surface area (Å²) < 4.78 is 13.9. The van der Waals surface area contributed by atoms with Gasteiger partial charge in [-0.05, 0) is 58.7 Å². The summed E-state index contributed by atoms with van der Waals surface area (Å²) in [7, 11) is 0. The van der Waals surface area contributed by atoms with E-state index in [1.165, 1.54) is 12.1 Å². The number of hydrogen-bond acceptors (Lipinski definition) is 2. The summed E-state index contributed by atoms with van der Waals surface area (Å²) in [5.74, 6) is -0.941. The highest BCUT2D eigenvalue weighted by atomic mass is 79.9. The van der Waals surface area contributed by atoms with Crippen molar-refractivity contribution in [2.24, 2.45) is 0 Å². The van der Waals surface area contributed by atoms with Crippen molar-refractivity contribution >= 4 is 33.2 Å². The molecule has 0 atom stereocenters. The highest BCUT2D eigenvalue weighted by molar-refractivity contribution is 9.10. The van der Waals surface area contributed by atoms with Crippen molar-refractivity contribution in [3.05, 3.63) is 57.8 Å². The molecule has 19 heavy (non-hydrogen) atoms. The Bertz CT molecular complexity index is 643. The largest absolute Gasteiger partial charge is 0.398 e. The van der Waals surface area contributed by atoms with E-state index in [1.807, 2.05) is 19.1 Å². The number of nitrogens with one attached hydrogen (secondary N) is 1. The molecule has 0 fully saturated rings. The first kappa shape index (κ1) is 13.5. The normalized spacial score (nSPS) is 10.3. The van der Waals surface area contributed by atoms with E-state index < -0.39 is 11.7 Å². The standard InChI is InChI=1S/C14H12BrFN2O/c1-8-2-5-13(11(15)6-8)18-14(19)10-7-9(16)3-4-12(10)17/h2-7H,17H2,1H3,(H,18,19). The zero-order valence-electron chi connectivity index (χ0n) is 10.2. The minimum absolute atomic E-state index is 0.118. The minimum atomic E-state index is -0.498. The molecule has 0 aliphatic heterocycles. The van der Waals surface area contributed by atoms with Crippen LogP contribution in [-0.2, 0) is 0 Å². The molecule has 0 saturated carbocycles. The Kier molecular flexibility index (Phi) is 3.85. The van der Waals surface area contributed by atoms with Gasteiger partial charge in [0.2, 0.25) is 0 Å². The molecule has 3 N–H and O–H groups in total. The fraction of sp³-hybridized carbons (Fsp3) is 0.0714. The summed E-state index contributed by atoms with van der Waals surface area (Å²) in [6.07, 6.45) is 0. The van der Waals surface area contributed by atoms with Crippen molar-refractivity contribution in [2.75, 3.05) is 11.1 Å². The molecule has 1 amide bonds. The number of carbonyl (C=O) groups is 1. The second kappa shape index (κ2) is 5.40. The van der Waals surface area contributed by atoms with Gasteiger partial charge in [-0.15, -0.1) is 0 Å². The van der Waals surface area contributed by atoms with Gasteiger partial charge >= 0.3 is 0 Å². The third-order valence-electron chi connectivity index (χ3n) is 2.63. The van der Waals surface area contributed by atoms with Crippen molar-refractivity contribution in [1.29, 1.82) is 0 Å². The van der Waals surface area contributed by atoms with Gasteiger partial charge in [-0.2, -0.15) is 0 Å². The number of anilines is 2. The third-order valence-corrected chi connectivity index (χ3v) is 3.29. The quantitative estimate of drug-likeness (QED) is 0.828. The van der Waals surface area contributed by atoms with Gasteiger partial charge in [0, 0.05) is 10.2 Å². The summed E-state index contributed by atoms with van der Waals surface area (Å²) in [5.41, 5.74) is 7.70. The number of halogens is 2. The molecule has 98 valence electrons. The topological polar surface area (TPSA) is 55.1 Å². The molecule has 0 heterocycles. The van der Waals surface area contributed by atoms with Crippen LogP contribution < -0.4 is 11.1 Å². The number of hydrogen-bond donors (Lipinski definition) is 2. The zero-order valence-corrected chi connectivity index (χ0v) is 11.8. The van der Waals surface area contributed by atoms with E-state index in [-0.39, 0.29) is 11.3 Å². The number of aryl methyl sites for hydroxylation is 1. The number of rotatable bonds is 2.